The number of rotatable bonds is 4. The summed E-state index contributed by atoms with van der Waals surface area (Å²) in [5.41, 5.74) is 11.4. The van der Waals surface area contributed by atoms with Crippen molar-refractivity contribution in [3.05, 3.63) is 173 Å². The van der Waals surface area contributed by atoms with Crippen molar-refractivity contribution >= 4 is 11.1 Å². The maximum Gasteiger partial charge on any atom is 0.164 e. The molecule has 44 heavy (non-hydrogen) atoms. The topological polar surface area (TPSA) is 38.7 Å². The molecule has 3 heteroatoms. The van der Waals surface area contributed by atoms with Gasteiger partial charge in [-0.05, 0) is 57.5 Å². The summed E-state index contributed by atoms with van der Waals surface area (Å²) in [4.78, 5) is 14.9. The van der Waals surface area contributed by atoms with E-state index < -0.39 is 5.41 Å². The van der Waals surface area contributed by atoms with E-state index in [1.54, 1.807) is 0 Å². The first-order chi connectivity index (χ1) is 21.7. The Morgan fingerprint density at radius 1 is 0.568 bits per heavy atom. The molecule has 0 N–H and O–H groups in total. The highest BCUT2D eigenvalue weighted by Crippen LogP contribution is 2.62. The second-order valence-electron chi connectivity index (χ2n) is 11.2. The Bertz CT molecular complexity index is 2080. The lowest BCUT2D eigenvalue weighted by molar-refractivity contribution is 0.786. The summed E-state index contributed by atoms with van der Waals surface area (Å²) in [7, 11) is 0. The zero-order chi connectivity index (χ0) is 29.7. The van der Waals surface area contributed by atoms with Crippen LogP contribution in [-0.2, 0) is 5.41 Å². The smallest absolute Gasteiger partial charge is 0.164 e. The summed E-state index contributed by atoms with van der Waals surface area (Å²) >= 11 is 0. The van der Waals surface area contributed by atoms with Gasteiger partial charge in [0.15, 0.2) is 17.5 Å². The first-order valence-electron chi connectivity index (χ1n) is 14.8. The van der Waals surface area contributed by atoms with E-state index in [-0.39, 0.29) is 0 Å². The fraction of sp³-hybridized carbons (Fsp3) is 0.0488. The minimum Gasteiger partial charge on any atom is -0.209 e. The average Bonchev–Trinajstić information content (AvgIpc) is 3.55. The minimum absolute atomic E-state index is 0.551. The van der Waals surface area contributed by atoms with Crippen molar-refractivity contribution < 1.29 is 0 Å². The molecule has 0 aliphatic heterocycles. The van der Waals surface area contributed by atoms with Gasteiger partial charge in [0.1, 0.15) is 0 Å². The molecule has 0 radical (unpaired) electrons. The summed E-state index contributed by atoms with van der Waals surface area (Å²) in [6.45, 7) is 2.07. The number of aromatic nitrogens is 3. The fourth-order valence-electron chi connectivity index (χ4n) is 6.92. The normalized spacial score (nSPS) is 14.2. The zero-order valence-electron chi connectivity index (χ0n) is 24.2. The van der Waals surface area contributed by atoms with Crippen LogP contribution in [0, 0.1) is 12.3 Å². The van der Waals surface area contributed by atoms with E-state index in [2.05, 4.69) is 91.7 Å². The van der Waals surface area contributed by atoms with Crippen LogP contribution in [0.3, 0.4) is 0 Å². The number of terminal acetylenes is 1. The lowest BCUT2D eigenvalue weighted by Crippen LogP contribution is -2.26. The quantitative estimate of drug-likeness (QED) is 0.202. The van der Waals surface area contributed by atoms with E-state index in [1.807, 2.05) is 60.7 Å². The second-order valence-corrected chi connectivity index (χ2v) is 11.2. The van der Waals surface area contributed by atoms with E-state index in [0.29, 0.717) is 17.5 Å². The van der Waals surface area contributed by atoms with Crippen molar-refractivity contribution in [3.8, 4) is 46.2 Å². The number of nitrogens with zero attached hydrogens (tertiary/aromatic N) is 3. The molecular formula is C41H27N3. The molecule has 0 atom stereocenters. The fourth-order valence-corrected chi connectivity index (χ4v) is 6.92. The Balaban J connectivity index is 1.40. The molecular weight excluding hydrogens is 534 g/mol. The van der Waals surface area contributed by atoms with Gasteiger partial charge in [0.2, 0.25) is 0 Å². The molecule has 0 saturated carbocycles. The summed E-state index contributed by atoms with van der Waals surface area (Å²) in [6.07, 6.45) is 8.58. The molecule has 0 saturated heterocycles. The van der Waals surface area contributed by atoms with E-state index in [1.165, 1.54) is 27.8 Å². The Hall–Kier alpha value is -5.85. The molecule has 0 fully saturated rings. The van der Waals surface area contributed by atoms with Gasteiger partial charge in [-0.2, -0.15) is 0 Å². The van der Waals surface area contributed by atoms with Crippen LogP contribution >= 0.6 is 0 Å². The predicted molar refractivity (Wildman–Crippen MR) is 178 cm³/mol. The Kier molecular flexibility index (Phi) is 5.96. The van der Waals surface area contributed by atoms with Crippen LogP contribution in [-0.4, -0.2) is 15.0 Å². The molecule has 0 unspecified atom stereocenters. The molecule has 0 amide bonds. The first-order valence-corrected chi connectivity index (χ1v) is 14.8. The Labute approximate surface area is 257 Å². The van der Waals surface area contributed by atoms with Crippen molar-refractivity contribution in [2.45, 2.75) is 12.3 Å². The Morgan fingerprint density at radius 3 is 1.50 bits per heavy atom. The van der Waals surface area contributed by atoms with Gasteiger partial charge in [-0.15, -0.1) is 6.42 Å². The van der Waals surface area contributed by atoms with Crippen LogP contribution in [0.25, 0.3) is 45.0 Å². The van der Waals surface area contributed by atoms with Crippen LogP contribution in [0.5, 0.6) is 0 Å². The molecule has 206 valence electrons. The van der Waals surface area contributed by atoms with Crippen LogP contribution in [0.4, 0.5) is 0 Å². The summed E-state index contributed by atoms with van der Waals surface area (Å²) in [6, 6.07) is 46.1. The highest BCUT2D eigenvalue weighted by Gasteiger charge is 2.52. The highest BCUT2D eigenvalue weighted by atomic mass is 15.0. The van der Waals surface area contributed by atoms with Crippen molar-refractivity contribution in [2.24, 2.45) is 0 Å². The van der Waals surface area contributed by atoms with Gasteiger partial charge in [-0.25, -0.2) is 15.0 Å². The van der Waals surface area contributed by atoms with Crippen molar-refractivity contribution in [3.63, 3.8) is 0 Å². The highest BCUT2D eigenvalue weighted by molar-refractivity contribution is 6.00. The number of hydrogen-bond donors (Lipinski definition) is 0. The second kappa shape index (κ2) is 10.2. The van der Waals surface area contributed by atoms with Crippen LogP contribution in [0.15, 0.2) is 145 Å². The van der Waals surface area contributed by atoms with Gasteiger partial charge in [-0.1, -0.05) is 139 Å². The maximum absolute atomic E-state index is 6.37. The van der Waals surface area contributed by atoms with Gasteiger partial charge in [0.05, 0.1) is 5.41 Å². The van der Waals surface area contributed by atoms with Crippen LogP contribution in [0.2, 0.25) is 0 Å². The number of fused-ring (bicyclic) bond motifs is 7. The number of hydrogen-bond acceptors (Lipinski definition) is 3. The van der Waals surface area contributed by atoms with Crippen LogP contribution in [0.1, 0.15) is 35.0 Å². The molecule has 1 heterocycles. The molecule has 3 nitrogen and oxygen atoms in total. The lowest BCUT2D eigenvalue weighted by Gasteiger charge is -2.31. The Morgan fingerprint density at radius 2 is 1.00 bits per heavy atom. The zero-order valence-corrected chi connectivity index (χ0v) is 24.2. The number of allylic oxidation sites excluding steroid dienone is 4. The number of benzene rings is 5. The molecule has 1 aromatic heterocycles. The third-order valence-electron chi connectivity index (χ3n) is 8.78. The SMILES string of the molecule is C#CC1=C(C=C(C)c2nc(-c3ccccc3)nc(-c3ccccc3)n2)C2(c3ccccc31)c1ccccc1-c1ccccc12. The van der Waals surface area contributed by atoms with E-state index in [0.717, 1.165) is 33.4 Å². The molecule has 2 aliphatic carbocycles. The average molecular weight is 562 g/mol. The van der Waals surface area contributed by atoms with Gasteiger partial charge in [0, 0.05) is 16.7 Å². The van der Waals surface area contributed by atoms with Gasteiger partial charge >= 0.3 is 0 Å². The summed E-state index contributed by atoms with van der Waals surface area (Å²) < 4.78 is 0. The summed E-state index contributed by atoms with van der Waals surface area (Å²) in [5, 5.41) is 0. The molecule has 8 rings (SSSR count). The maximum atomic E-state index is 6.37. The van der Waals surface area contributed by atoms with E-state index in [4.69, 9.17) is 21.4 Å². The van der Waals surface area contributed by atoms with Gasteiger partial charge in [-0.3, -0.25) is 0 Å². The minimum atomic E-state index is -0.551. The van der Waals surface area contributed by atoms with Crippen molar-refractivity contribution in [1.82, 2.24) is 15.0 Å². The molecule has 6 aromatic rings. The summed E-state index contributed by atoms with van der Waals surface area (Å²) in [5.74, 6) is 4.98. The third kappa shape index (κ3) is 3.75. The third-order valence-corrected chi connectivity index (χ3v) is 8.78. The monoisotopic (exact) mass is 561 g/mol. The molecule has 1 spiro atoms. The molecule has 5 aromatic carbocycles. The largest absolute Gasteiger partial charge is 0.209 e. The van der Waals surface area contributed by atoms with Crippen LogP contribution < -0.4 is 0 Å². The molecule has 2 aliphatic rings. The predicted octanol–water partition coefficient (Wildman–Crippen LogP) is 9.02. The molecule has 0 bridgehead atoms. The van der Waals surface area contributed by atoms with E-state index >= 15 is 0 Å². The standard InChI is InChI=1S/C41H27N3/c1-3-30-31-20-10-13-23-34(31)41(35-24-14-11-21-32(35)33-22-12-15-25-36(33)41)37(30)26-27(2)38-42-39(28-16-6-4-7-17-28)44-40(43-38)29-18-8-5-9-19-29/h1,4-26H,2H3. The lowest BCUT2D eigenvalue weighted by atomic mass is 9.69. The van der Waals surface area contributed by atoms with Gasteiger partial charge < -0.3 is 0 Å². The van der Waals surface area contributed by atoms with Crippen molar-refractivity contribution in [1.29, 1.82) is 0 Å². The first kappa shape index (κ1) is 25.8. The van der Waals surface area contributed by atoms with Gasteiger partial charge in [0.25, 0.3) is 0 Å². The van der Waals surface area contributed by atoms with Crippen molar-refractivity contribution in [2.75, 3.05) is 0 Å². The van der Waals surface area contributed by atoms with E-state index in [9.17, 15) is 0 Å².